The van der Waals surface area contributed by atoms with E-state index in [4.69, 9.17) is 14.3 Å². The second-order valence-corrected chi connectivity index (χ2v) is 5.30. The van der Waals surface area contributed by atoms with Crippen LogP contribution in [0.1, 0.15) is 38.8 Å². The Morgan fingerprint density at radius 3 is 2.17 bits per heavy atom. The first kappa shape index (κ1) is 19.9. The molecular formula is C18H25F2NO3. The fourth-order valence-corrected chi connectivity index (χ4v) is 2.07. The summed E-state index contributed by atoms with van der Waals surface area (Å²) in [5.74, 6) is 1.37. The van der Waals surface area contributed by atoms with Crippen LogP contribution < -0.4 is 9.47 Å². The molecule has 0 saturated carbocycles. The monoisotopic (exact) mass is 341 g/mol. The Bertz CT molecular complexity index is 553. The van der Waals surface area contributed by atoms with Gasteiger partial charge in [-0.3, -0.25) is 0 Å². The normalized spacial score (nSPS) is 10.1. The molecule has 0 atom stereocenters. The van der Waals surface area contributed by atoms with E-state index < -0.39 is 6.08 Å². The predicted octanol–water partition coefficient (Wildman–Crippen LogP) is 4.76. The summed E-state index contributed by atoms with van der Waals surface area (Å²) in [6.45, 7) is 8.31. The van der Waals surface area contributed by atoms with E-state index in [9.17, 15) is 8.78 Å². The van der Waals surface area contributed by atoms with Crippen molar-refractivity contribution in [2.45, 2.75) is 40.5 Å². The van der Waals surface area contributed by atoms with Crippen LogP contribution in [0.2, 0.25) is 0 Å². The summed E-state index contributed by atoms with van der Waals surface area (Å²) in [7, 11) is 0. The van der Waals surface area contributed by atoms with Gasteiger partial charge in [-0.2, -0.15) is 8.78 Å². The highest BCUT2D eigenvalue weighted by Gasteiger charge is 2.11. The van der Waals surface area contributed by atoms with Crippen LogP contribution in [0, 0.1) is 0 Å². The van der Waals surface area contributed by atoms with E-state index in [2.05, 4.69) is 5.16 Å². The zero-order valence-corrected chi connectivity index (χ0v) is 14.7. The highest BCUT2D eigenvalue weighted by molar-refractivity contribution is 5.78. The van der Waals surface area contributed by atoms with Crippen molar-refractivity contribution < 1.29 is 23.1 Å². The van der Waals surface area contributed by atoms with Crippen LogP contribution >= 0.6 is 0 Å². The Labute approximate surface area is 142 Å². The van der Waals surface area contributed by atoms with Gasteiger partial charge in [-0.15, -0.1) is 0 Å². The van der Waals surface area contributed by atoms with E-state index in [1.807, 2.05) is 39.8 Å². The molecule has 6 heteroatoms. The van der Waals surface area contributed by atoms with Gasteiger partial charge in [0.2, 0.25) is 0 Å². The van der Waals surface area contributed by atoms with Gasteiger partial charge in [0.25, 0.3) is 6.08 Å². The Hall–Kier alpha value is -2.11. The third kappa shape index (κ3) is 6.98. The van der Waals surface area contributed by atoms with Gasteiger partial charge in [0.05, 0.1) is 5.71 Å². The lowest BCUT2D eigenvalue weighted by atomic mass is 10.0. The first-order chi connectivity index (χ1) is 11.5. The topological polar surface area (TPSA) is 40.0 Å². The van der Waals surface area contributed by atoms with Crippen molar-refractivity contribution in [2.75, 3.05) is 19.8 Å². The molecule has 24 heavy (non-hydrogen) atoms. The molecule has 1 aromatic rings. The van der Waals surface area contributed by atoms with Crippen LogP contribution in [0.3, 0.4) is 0 Å². The van der Waals surface area contributed by atoms with Crippen molar-refractivity contribution in [1.29, 1.82) is 0 Å². The van der Waals surface area contributed by atoms with Crippen LogP contribution in [0.4, 0.5) is 8.78 Å². The molecule has 0 fully saturated rings. The summed E-state index contributed by atoms with van der Waals surface area (Å²) >= 11 is 0. The number of nitrogens with zero attached hydrogens (tertiary/aromatic N) is 1. The van der Waals surface area contributed by atoms with Gasteiger partial charge in [0, 0.05) is 6.08 Å². The summed E-state index contributed by atoms with van der Waals surface area (Å²) in [5, 5.41) is 3.85. The van der Waals surface area contributed by atoms with Crippen LogP contribution in [0.5, 0.6) is 11.5 Å². The zero-order chi connectivity index (χ0) is 17.9. The second-order valence-electron chi connectivity index (χ2n) is 5.30. The van der Waals surface area contributed by atoms with E-state index in [1.54, 1.807) is 0 Å². The minimum Gasteiger partial charge on any atom is -0.489 e. The smallest absolute Gasteiger partial charge is 0.269 e. The fraction of sp³-hybridized carbons (Fsp3) is 0.500. The Kier molecular flexibility index (Phi) is 8.83. The van der Waals surface area contributed by atoms with Crippen LogP contribution in [0.25, 0.3) is 0 Å². The maximum Gasteiger partial charge on any atom is 0.269 e. The van der Waals surface area contributed by atoms with Crippen molar-refractivity contribution >= 4 is 5.71 Å². The van der Waals surface area contributed by atoms with Crippen molar-refractivity contribution in [3.8, 4) is 11.5 Å². The number of oxime groups is 1. The highest BCUT2D eigenvalue weighted by atomic mass is 19.3. The summed E-state index contributed by atoms with van der Waals surface area (Å²) in [6.07, 6.45) is 0.501. The van der Waals surface area contributed by atoms with Crippen molar-refractivity contribution in [1.82, 2.24) is 0 Å². The van der Waals surface area contributed by atoms with Gasteiger partial charge in [-0.25, -0.2) is 0 Å². The van der Waals surface area contributed by atoms with Crippen LogP contribution in [0.15, 0.2) is 29.4 Å². The summed E-state index contributed by atoms with van der Waals surface area (Å²) in [6, 6.07) is 3.65. The molecule has 0 heterocycles. The SMILES string of the molecule is CCc1cc(OCC=C(F)F)cc(CC)c1OCCON=C(C)C. The molecule has 0 bridgehead atoms. The molecule has 0 aliphatic heterocycles. The molecule has 0 amide bonds. The Balaban J connectivity index is 2.79. The van der Waals surface area contributed by atoms with Crippen molar-refractivity contribution in [3.63, 3.8) is 0 Å². The molecule has 0 aliphatic rings. The van der Waals surface area contributed by atoms with Gasteiger partial charge < -0.3 is 14.3 Å². The standard InChI is InChI=1S/C18H25F2NO3/c1-5-14-11-16(22-8-7-17(19)20)12-15(6-2)18(14)23-9-10-24-21-13(3)4/h7,11-12H,5-6,8-10H2,1-4H3. The minimum atomic E-state index is -1.74. The number of rotatable bonds is 10. The first-order valence-electron chi connectivity index (χ1n) is 8.03. The van der Waals surface area contributed by atoms with Crippen LogP contribution in [-0.4, -0.2) is 25.5 Å². The van der Waals surface area contributed by atoms with E-state index in [0.29, 0.717) is 19.0 Å². The summed E-state index contributed by atoms with van der Waals surface area (Å²) < 4.78 is 35.4. The molecule has 0 unspecified atom stereocenters. The predicted molar refractivity (Wildman–Crippen MR) is 91.2 cm³/mol. The third-order valence-electron chi connectivity index (χ3n) is 3.13. The molecule has 0 radical (unpaired) electrons. The first-order valence-corrected chi connectivity index (χ1v) is 8.03. The third-order valence-corrected chi connectivity index (χ3v) is 3.13. The van der Waals surface area contributed by atoms with Crippen molar-refractivity contribution in [2.24, 2.45) is 5.16 Å². The molecule has 0 spiro atoms. The lowest BCUT2D eigenvalue weighted by Gasteiger charge is -2.16. The largest absolute Gasteiger partial charge is 0.489 e. The molecular weight excluding hydrogens is 316 g/mol. The Morgan fingerprint density at radius 2 is 1.67 bits per heavy atom. The summed E-state index contributed by atoms with van der Waals surface area (Å²) in [4.78, 5) is 5.12. The molecule has 134 valence electrons. The minimum absolute atomic E-state index is 0.156. The average molecular weight is 341 g/mol. The maximum absolute atomic E-state index is 12.1. The lowest BCUT2D eigenvalue weighted by Crippen LogP contribution is -2.08. The fourth-order valence-electron chi connectivity index (χ4n) is 2.07. The molecule has 4 nitrogen and oxygen atoms in total. The number of ether oxygens (including phenoxy) is 2. The average Bonchev–Trinajstić information content (AvgIpc) is 2.54. The maximum atomic E-state index is 12.1. The number of hydrogen-bond acceptors (Lipinski definition) is 4. The molecule has 1 aromatic carbocycles. The van der Waals surface area contributed by atoms with Gasteiger partial charge >= 0.3 is 0 Å². The number of halogens is 2. The van der Waals surface area contributed by atoms with E-state index >= 15 is 0 Å². The van der Waals surface area contributed by atoms with E-state index in [0.717, 1.165) is 41.5 Å². The van der Waals surface area contributed by atoms with Gasteiger partial charge in [-0.1, -0.05) is 19.0 Å². The van der Waals surface area contributed by atoms with E-state index in [1.165, 1.54) is 0 Å². The Morgan fingerprint density at radius 1 is 1.04 bits per heavy atom. The van der Waals surface area contributed by atoms with E-state index in [-0.39, 0.29) is 6.61 Å². The number of hydrogen-bond donors (Lipinski definition) is 0. The lowest BCUT2D eigenvalue weighted by molar-refractivity contribution is 0.106. The highest BCUT2D eigenvalue weighted by Crippen LogP contribution is 2.30. The van der Waals surface area contributed by atoms with Gasteiger partial charge in [-0.05, 0) is 49.9 Å². The quantitative estimate of drug-likeness (QED) is 0.350. The molecule has 1 rings (SSSR count). The molecule has 0 aliphatic carbocycles. The van der Waals surface area contributed by atoms with Crippen molar-refractivity contribution in [3.05, 3.63) is 35.4 Å². The zero-order valence-electron chi connectivity index (χ0n) is 14.7. The van der Waals surface area contributed by atoms with Crippen LogP contribution in [-0.2, 0) is 17.7 Å². The molecule has 0 N–H and O–H groups in total. The molecule has 0 saturated heterocycles. The number of aryl methyl sites for hydroxylation is 2. The molecule has 0 aromatic heterocycles. The van der Waals surface area contributed by atoms with Gasteiger partial charge in [0.1, 0.15) is 24.7 Å². The second kappa shape index (κ2) is 10.6. The summed E-state index contributed by atoms with van der Waals surface area (Å²) in [5.41, 5.74) is 2.80. The van der Waals surface area contributed by atoms with Gasteiger partial charge in [0.15, 0.2) is 6.61 Å². The number of benzene rings is 1.